The molecule has 2 aromatic carbocycles. The summed E-state index contributed by atoms with van der Waals surface area (Å²) in [5.41, 5.74) is 6.73. The summed E-state index contributed by atoms with van der Waals surface area (Å²) in [4.78, 5) is 0. The summed E-state index contributed by atoms with van der Waals surface area (Å²) in [7, 11) is 0. The van der Waals surface area contributed by atoms with E-state index in [-0.39, 0.29) is 6.04 Å². The van der Waals surface area contributed by atoms with Crippen LogP contribution in [0.5, 0.6) is 0 Å². The lowest BCUT2D eigenvalue weighted by Gasteiger charge is -2.18. The zero-order valence-corrected chi connectivity index (χ0v) is 14.2. The Morgan fingerprint density at radius 3 is 2.81 bits per heavy atom. The van der Waals surface area contributed by atoms with Crippen LogP contribution in [-0.2, 0) is 6.42 Å². The Labute approximate surface area is 137 Å². The van der Waals surface area contributed by atoms with Crippen molar-refractivity contribution in [3.63, 3.8) is 0 Å². The van der Waals surface area contributed by atoms with E-state index < -0.39 is 0 Å². The Hall–Kier alpha value is -1.20. The molecule has 0 saturated heterocycles. The van der Waals surface area contributed by atoms with E-state index in [1.165, 1.54) is 26.8 Å². The molecule has 3 N–H and O–H groups in total. The van der Waals surface area contributed by atoms with Gasteiger partial charge in [-0.3, -0.25) is 11.3 Å². The van der Waals surface area contributed by atoms with Gasteiger partial charge in [0.2, 0.25) is 0 Å². The van der Waals surface area contributed by atoms with Gasteiger partial charge < -0.3 is 0 Å². The molecule has 3 rings (SSSR count). The first kappa shape index (κ1) is 14.7. The first-order valence-electron chi connectivity index (χ1n) is 6.86. The van der Waals surface area contributed by atoms with Gasteiger partial charge in [0.15, 0.2) is 0 Å². The SMILES string of the molecule is Cc1ccc(C(Cc2csc3ccccc23)NN)c(Br)c1. The second-order valence-corrected chi connectivity index (χ2v) is 6.97. The average molecular weight is 361 g/mol. The predicted octanol–water partition coefficient (Wildman–Crippen LogP) is 4.72. The van der Waals surface area contributed by atoms with Crippen LogP contribution in [0, 0.1) is 6.92 Å². The van der Waals surface area contributed by atoms with E-state index in [9.17, 15) is 0 Å². The number of fused-ring (bicyclic) bond motifs is 1. The van der Waals surface area contributed by atoms with E-state index in [1.807, 2.05) is 0 Å². The van der Waals surface area contributed by atoms with Crippen LogP contribution in [0.1, 0.15) is 22.7 Å². The number of hydrogen-bond acceptors (Lipinski definition) is 3. The van der Waals surface area contributed by atoms with Crippen LogP contribution in [0.4, 0.5) is 0 Å². The summed E-state index contributed by atoms with van der Waals surface area (Å²) >= 11 is 5.44. The Morgan fingerprint density at radius 2 is 2.05 bits per heavy atom. The van der Waals surface area contributed by atoms with Crippen LogP contribution in [0.25, 0.3) is 10.1 Å². The molecule has 0 radical (unpaired) electrons. The summed E-state index contributed by atoms with van der Waals surface area (Å²) in [6.45, 7) is 2.09. The van der Waals surface area contributed by atoms with E-state index in [0.717, 1.165) is 10.9 Å². The maximum atomic E-state index is 5.80. The number of hydrogen-bond donors (Lipinski definition) is 2. The van der Waals surface area contributed by atoms with Crippen LogP contribution >= 0.6 is 27.3 Å². The van der Waals surface area contributed by atoms with E-state index in [2.05, 4.69) is 76.1 Å². The number of nitrogens with two attached hydrogens (primary N) is 1. The Balaban J connectivity index is 1.94. The second kappa shape index (κ2) is 6.28. The highest BCUT2D eigenvalue weighted by atomic mass is 79.9. The molecule has 0 aliphatic rings. The first-order chi connectivity index (χ1) is 10.2. The van der Waals surface area contributed by atoms with Gasteiger partial charge in [-0.25, -0.2) is 0 Å². The molecule has 0 spiro atoms. The van der Waals surface area contributed by atoms with Gasteiger partial charge in [0.1, 0.15) is 0 Å². The minimum absolute atomic E-state index is 0.0954. The van der Waals surface area contributed by atoms with Crippen molar-refractivity contribution in [2.45, 2.75) is 19.4 Å². The fourth-order valence-electron chi connectivity index (χ4n) is 2.58. The quantitative estimate of drug-likeness (QED) is 0.521. The molecule has 0 aliphatic carbocycles. The van der Waals surface area contributed by atoms with Crippen molar-refractivity contribution in [3.05, 3.63) is 69.0 Å². The molecule has 0 aliphatic heterocycles. The zero-order chi connectivity index (χ0) is 14.8. The first-order valence-corrected chi connectivity index (χ1v) is 8.53. The fraction of sp³-hybridized carbons (Fsp3) is 0.176. The van der Waals surface area contributed by atoms with Crippen molar-refractivity contribution in [1.82, 2.24) is 5.43 Å². The Morgan fingerprint density at radius 1 is 1.24 bits per heavy atom. The number of thiophene rings is 1. The van der Waals surface area contributed by atoms with Crippen LogP contribution in [-0.4, -0.2) is 0 Å². The third-order valence-corrected chi connectivity index (χ3v) is 5.42. The second-order valence-electron chi connectivity index (χ2n) is 5.21. The molecule has 1 heterocycles. The van der Waals surface area contributed by atoms with Crippen LogP contribution in [0.3, 0.4) is 0 Å². The minimum Gasteiger partial charge on any atom is -0.271 e. The van der Waals surface area contributed by atoms with Gasteiger partial charge in [-0.1, -0.05) is 46.3 Å². The van der Waals surface area contributed by atoms with Gasteiger partial charge >= 0.3 is 0 Å². The normalized spacial score (nSPS) is 12.7. The topological polar surface area (TPSA) is 38.0 Å². The molecule has 0 saturated carbocycles. The van der Waals surface area contributed by atoms with Crippen molar-refractivity contribution < 1.29 is 0 Å². The summed E-state index contributed by atoms with van der Waals surface area (Å²) in [5.74, 6) is 5.80. The molecular weight excluding hydrogens is 344 g/mol. The molecule has 2 nitrogen and oxygen atoms in total. The van der Waals surface area contributed by atoms with Crippen molar-refractivity contribution in [2.75, 3.05) is 0 Å². The van der Waals surface area contributed by atoms with Crippen molar-refractivity contribution >= 4 is 37.4 Å². The van der Waals surface area contributed by atoms with E-state index in [1.54, 1.807) is 11.3 Å². The van der Waals surface area contributed by atoms with Gasteiger partial charge in [0, 0.05) is 9.17 Å². The molecule has 1 atom stereocenters. The summed E-state index contributed by atoms with van der Waals surface area (Å²) in [6.07, 6.45) is 0.877. The summed E-state index contributed by atoms with van der Waals surface area (Å²) < 4.78 is 2.43. The summed E-state index contributed by atoms with van der Waals surface area (Å²) in [6, 6.07) is 15.0. The molecule has 3 aromatic rings. The maximum Gasteiger partial charge on any atom is 0.0511 e. The monoisotopic (exact) mass is 360 g/mol. The highest BCUT2D eigenvalue weighted by molar-refractivity contribution is 9.10. The third-order valence-electron chi connectivity index (χ3n) is 3.72. The van der Waals surface area contributed by atoms with Crippen molar-refractivity contribution in [3.8, 4) is 0 Å². The molecule has 4 heteroatoms. The predicted molar refractivity (Wildman–Crippen MR) is 94.5 cm³/mol. The molecule has 0 bridgehead atoms. The van der Waals surface area contributed by atoms with Crippen LogP contribution < -0.4 is 11.3 Å². The van der Waals surface area contributed by atoms with E-state index >= 15 is 0 Å². The van der Waals surface area contributed by atoms with Crippen LogP contribution in [0.2, 0.25) is 0 Å². The largest absolute Gasteiger partial charge is 0.271 e. The smallest absolute Gasteiger partial charge is 0.0511 e. The standard InChI is InChI=1S/C17H17BrN2S/c1-11-6-7-14(15(18)8-11)16(20-19)9-12-10-21-17-5-3-2-4-13(12)17/h2-8,10,16,20H,9,19H2,1H3. The van der Waals surface area contributed by atoms with Gasteiger partial charge in [-0.2, -0.15) is 0 Å². The number of benzene rings is 2. The molecular formula is C17H17BrN2S. The van der Waals surface area contributed by atoms with E-state index in [0.29, 0.717) is 0 Å². The number of hydrazine groups is 1. The Bertz CT molecular complexity index is 766. The van der Waals surface area contributed by atoms with Crippen molar-refractivity contribution in [2.24, 2.45) is 5.84 Å². The fourth-order valence-corrected chi connectivity index (χ4v) is 4.33. The van der Waals surface area contributed by atoms with Gasteiger partial charge in [-0.05, 0) is 52.9 Å². The van der Waals surface area contributed by atoms with Crippen LogP contribution in [0.15, 0.2) is 52.3 Å². The molecule has 0 fully saturated rings. The minimum atomic E-state index is 0.0954. The zero-order valence-electron chi connectivity index (χ0n) is 11.8. The van der Waals surface area contributed by atoms with Gasteiger partial charge in [0.05, 0.1) is 6.04 Å². The number of aryl methyl sites for hydroxylation is 1. The molecule has 1 aromatic heterocycles. The molecule has 108 valence electrons. The lowest BCUT2D eigenvalue weighted by molar-refractivity contribution is 0.552. The van der Waals surface area contributed by atoms with Gasteiger partial charge in [-0.15, -0.1) is 11.3 Å². The van der Waals surface area contributed by atoms with Gasteiger partial charge in [0.25, 0.3) is 0 Å². The molecule has 21 heavy (non-hydrogen) atoms. The maximum absolute atomic E-state index is 5.80. The lowest BCUT2D eigenvalue weighted by Crippen LogP contribution is -2.29. The van der Waals surface area contributed by atoms with Crippen molar-refractivity contribution in [1.29, 1.82) is 0 Å². The number of halogens is 1. The van der Waals surface area contributed by atoms with E-state index in [4.69, 9.17) is 5.84 Å². The number of nitrogens with one attached hydrogen (secondary N) is 1. The highest BCUT2D eigenvalue weighted by Gasteiger charge is 2.16. The number of rotatable bonds is 4. The Kier molecular flexibility index (Phi) is 4.40. The molecule has 0 amide bonds. The summed E-state index contributed by atoms with van der Waals surface area (Å²) in [5, 5.41) is 3.56. The average Bonchev–Trinajstić information content (AvgIpc) is 2.89. The highest BCUT2D eigenvalue weighted by Crippen LogP contribution is 2.31. The lowest BCUT2D eigenvalue weighted by atomic mass is 9.98. The third kappa shape index (κ3) is 3.04. The molecule has 1 unspecified atom stereocenters.